The summed E-state index contributed by atoms with van der Waals surface area (Å²) in [6.07, 6.45) is 2.61. The molecule has 0 radical (unpaired) electrons. The zero-order valence-corrected chi connectivity index (χ0v) is 13.8. The Morgan fingerprint density at radius 2 is 2.29 bits per heavy atom. The molecule has 1 N–H and O–H groups in total. The number of anilines is 1. The maximum absolute atomic E-state index is 5.96. The molecule has 0 aromatic heterocycles. The number of benzene rings is 1. The van der Waals surface area contributed by atoms with Gasteiger partial charge in [0.25, 0.3) is 0 Å². The maximum atomic E-state index is 5.96. The Morgan fingerprint density at radius 3 is 2.94 bits per heavy atom. The van der Waals surface area contributed by atoms with Crippen molar-refractivity contribution in [1.82, 2.24) is 0 Å². The molecule has 0 bridgehead atoms. The van der Waals surface area contributed by atoms with Crippen LogP contribution in [0, 0.1) is 3.57 Å². The number of nitrogens with one attached hydrogen (secondary N) is 1. The molecule has 1 unspecified atom stereocenters. The van der Waals surface area contributed by atoms with Crippen molar-refractivity contribution in [1.29, 1.82) is 0 Å². The first-order chi connectivity index (χ1) is 7.96. The maximum Gasteiger partial charge on any atom is 0.0755 e. The molecule has 2 rings (SSSR count). The standard InChI is InChI=1S/C13H17BrINO/c1-13(2)6-5-10(17-13)8-16-12-7-9(15)3-4-11(12)14/h3-4,7,10,16H,5-6,8H2,1-2H3. The van der Waals surface area contributed by atoms with Crippen LogP contribution in [0.15, 0.2) is 22.7 Å². The minimum Gasteiger partial charge on any atom is -0.381 e. The van der Waals surface area contributed by atoms with Crippen LogP contribution in [-0.4, -0.2) is 18.2 Å². The molecule has 1 heterocycles. The van der Waals surface area contributed by atoms with Crippen molar-refractivity contribution in [3.05, 3.63) is 26.2 Å². The Bertz CT molecular complexity index is 408. The fourth-order valence-electron chi connectivity index (χ4n) is 2.08. The molecule has 0 saturated carbocycles. The number of rotatable bonds is 3. The molecule has 1 atom stereocenters. The number of hydrogen-bond donors (Lipinski definition) is 1. The fraction of sp³-hybridized carbons (Fsp3) is 0.538. The van der Waals surface area contributed by atoms with Crippen LogP contribution in [0.1, 0.15) is 26.7 Å². The first-order valence-electron chi connectivity index (χ1n) is 5.83. The first-order valence-corrected chi connectivity index (χ1v) is 7.70. The van der Waals surface area contributed by atoms with E-state index in [0.717, 1.165) is 29.5 Å². The van der Waals surface area contributed by atoms with Gasteiger partial charge in [0.15, 0.2) is 0 Å². The predicted molar refractivity (Wildman–Crippen MR) is 83.5 cm³/mol. The summed E-state index contributed by atoms with van der Waals surface area (Å²) < 4.78 is 8.30. The van der Waals surface area contributed by atoms with Crippen molar-refractivity contribution < 1.29 is 4.74 Å². The molecule has 2 nitrogen and oxygen atoms in total. The van der Waals surface area contributed by atoms with Crippen molar-refractivity contribution in [3.63, 3.8) is 0 Å². The van der Waals surface area contributed by atoms with Crippen LogP contribution < -0.4 is 5.32 Å². The monoisotopic (exact) mass is 409 g/mol. The minimum absolute atomic E-state index is 0.0503. The van der Waals surface area contributed by atoms with E-state index in [9.17, 15) is 0 Å². The van der Waals surface area contributed by atoms with Gasteiger partial charge < -0.3 is 10.1 Å². The predicted octanol–water partition coefficient (Wildman–Crippen LogP) is 4.42. The molecule has 4 heteroatoms. The highest BCUT2D eigenvalue weighted by molar-refractivity contribution is 14.1. The van der Waals surface area contributed by atoms with E-state index in [1.165, 1.54) is 3.57 Å². The van der Waals surface area contributed by atoms with Gasteiger partial charge in [0.2, 0.25) is 0 Å². The van der Waals surface area contributed by atoms with Crippen molar-refractivity contribution in [2.75, 3.05) is 11.9 Å². The van der Waals surface area contributed by atoms with E-state index in [-0.39, 0.29) is 5.60 Å². The Balaban J connectivity index is 1.92. The van der Waals surface area contributed by atoms with Crippen LogP contribution >= 0.6 is 38.5 Å². The second kappa shape index (κ2) is 5.45. The van der Waals surface area contributed by atoms with Gasteiger partial charge in [-0.15, -0.1) is 0 Å². The molecule has 0 amide bonds. The number of hydrogen-bond acceptors (Lipinski definition) is 2. The van der Waals surface area contributed by atoms with E-state index >= 15 is 0 Å². The molecular formula is C13H17BrINO. The molecule has 0 spiro atoms. The number of halogens is 2. The van der Waals surface area contributed by atoms with E-state index in [1.54, 1.807) is 0 Å². The second-order valence-corrected chi connectivity index (χ2v) is 7.14. The lowest BCUT2D eigenvalue weighted by Crippen LogP contribution is -2.24. The zero-order valence-electron chi connectivity index (χ0n) is 10.1. The van der Waals surface area contributed by atoms with Crippen LogP contribution in [0.5, 0.6) is 0 Å². The van der Waals surface area contributed by atoms with Crippen LogP contribution in [-0.2, 0) is 4.74 Å². The van der Waals surface area contributed by atoms with Crippen LogP contribution in [0.4, 0.5) is 5.69 Å². The van der Waals surface area contributed by atoms with E-state index < -0.39 is 0 Å². The fourth-order valence-corrected chi connectivity index (χ4v) is 2.96. The smallest absolute Gasteiger partial charge is 0.0755 e. The van der Waals surface area contributed by atoms with E-state index in [0.29, 0.717) is 6.10 Å². The summed E-state index contributed by atoms with van der Waals surface area (Å²) in [5.41, 5.74) is 1.19. The first kappa shape index (κ1) is 13.6. The summed E-state index contributed by atoms with van der Waals surface area (Å²) >= 11 is 5.88. The Morgan fingerprint density at radius 1 is 1.53 bits per heavy atom. The van der Waals surface area contributed by atoms with Crippen molar-refractivity contribution in [2.45, 2.75) is 38.4 Å². The van der Waals surface area contributed by atoms with Crippen molar-refractivity contribution in [3.8, 4) is 0 Å². The van der Waals surface area contributed by atoms with Crippen molar-refractivity contribution >= 4 is 44.2 Å². The molecule has 94 valence electrons. The SMILES string of the molecule is CC1(C)CCC(CNc2cc(I)ccc2Br)O1. The average Bonchev–Trinajstić information content (AvgIpc) is 2.60. The summed E-state index contributed by atoms with van der Waals surface area (Å²) in [7, 11) is 0. The van der Waals surface area contributed by atoms with Gasteiger partial charge in [-0.3, -0.25) is 0 Å². The molecule has 1 aliphatic rings. The lowest BCUT2D eigenvalue weighted by atomic mass is 10.1. The van der Waals surface area contributed by atoms with Crippen LogP contribution in [0.2, 0.25) is 0 Å². The van der Waals surface area contributed by atoms with E-state index in [4.69, 9.17) is 4.74 Å². The normalized spacial score (nSPS) is 22.7. The van der Waals surface area contributed by atoms with Gasteiger partial charge in [0.05, 0.1) is 11.7 Å². The molecule has 1 aliphatic heterocycles. The summed E-state index contributed by atoms with van der Waals surface area (Å²) in [4.78, 5) is 0. The average molecular weight is 410 g/mol. The van der Waals surface area contributed by atoms with Gasteiger partial charge in [0.1, 0.15) is 0 Å². The summed E-state index contributed by atoms with van der Waals surface area (Å²) in [5, 5.41) is 3.46. The lowest BCUT2D eigenvalue weighted by molar-refractivity contribution is -0.00911. The molecule has 0 aliphatic carbocycles. The lowest BCUT2D eigenvalue weighted by Gasteiger charge is -2.20. The topological polar surface area (TPSA) is 21.3 Å². The number of ether oxygens (including phenoxy) is 1. The molecule has 17 heavy (non-hydrogen) atoms. The van der Waals surface area contributed by atoms with Gasteiger partial charge in [0, 0.05) is 20.3 Å². The summed E-state index contributed by atoms with van der Waals surface area (Å²) in [6, 6.07) is 6.30. The third kappa shape index (κ3) is 3.83. The Kier molecular flexibility index (Phi) is 4.36. The highest BCUT2D eigenvalue weighted by Gasteiger charge is 2.31. The van der Waals surface area contributed by atoms with Gasteiger partial charge in [-0.2, -0.15) is 0 Å². The quantitative estimate of drug-likeness (QED) is 0.746. The van der Waals surface area contributed by atoms with Gasteiger partial charge in [-0.1, -0.05) is 0 Å². The van der Waals surface area contributed by atoms with E-state index in [2.05, 4.69) is 75.9 Å². The van der Waals surface area contributed by atoms with Gasteiger partial charge in [-0.05, 0) is 83.4 Å². The molecular weight excluding hydrogens is 393 g/mol. The highest BCUT2D eigenvalue weighted by atomic mass is 127. The van der Waals surface area contributed by atoms with Crippen LogP contribution in [0.3, 0.4) is 0 Å². The third-order valence-corrected chi connectivity index (χ3v) is 4.37. The minimum atomic E-state index is 0.0503. The Labute approximate surface area is 125 Å². The van der Waals surface area contributed by atoms with Gasteiger partial charge in [-0.25, -0.2) is 0 Å². The third-order valence-electron chi connectivity index (χ3n) is 3.00. The zero-order chi connectivity index (χ0) is 12.5. The summed E-state index contributed by atoms with van der Waals surface area (Å²) in [6.45, 7) is 5.20. The highest BCUT2D eigenvalue weighted by Crippen LogP contribution is 2.30. The van der Waals surface area contributed by atoms with Gasteiger partial charge >= 0.3 is 0 Å². The van der Waals surface area contributed by atoms with E-state index in [1.807, 2.05) is 0 Å². The largest absolute Gasteiger partial charge is 0.381 e. The molecule has 1 aromatic carbocycles. The van der Waals surface area contributed by atoms with Crippen LogP contribution in [0.25, 0.3) is 0 Å². The molecule has 1 aromatic rings. The molecule has 1 fully saturated rings. The Hall–Kier alpha value is 0.190. The second-order valence-electron chi connectivity index (χ2n) is 5.04. The molecule has 1 saturated heterocycles. The van der Waals surface area contributed by atoms with Crippen molar-refractivity contribution in [2.24, 2.45) is 0 Å². The summed E-state index contributed by atoms with van der Waals surface area (Å²) in [5.74, 6) is 0.